The number of esters is 1. The molecule has 0 aromatic rings. The molecule has 0 amide bonds. The highest BCUT2D eigenvalue weighted by Crippen LogP contribution is 2.22. The van der Waals surface area contributed by atoms with Crippen LogP contribution in [0.5, 0.6) is 0 Å². The molecule has 6 nitrogen and oxygen atoms in total. The predicted octanol–water partition coefficient (Wildman–Crippen LogP) is 0.454. The van der Waals surface area contributed by atoms with Crippen LogP contribution < -0.4 is 0 Å². The molecule has 17 heavy (non-hydrogen) atoms. The van der Waals surface area contributed by atoms with Crippen molar-refractivity contribution in [3.05, 3.63) is 0 Å². The maximum absolute atomic E-state index is 12.7. The summed E-state index contributed by atoms with van der Waals surface area (Å²) < 4.78 is 58.3. The fraction of sp³-hybridized carbons (Fsp3) is 0.875. The van der Waals surface area contributed by atoms with Gasteiger partial charge in [-0.25, -0.2) is 4.79 Å². The summed E-state index contributed by atoms with van der Waals surface area (Å²) in [7, 11) is -5.78. The quantitative estimate of drug-likeness (QED) is 0.591. The average molecular weight is 273 g/mol. The van der Waals surface area contributed by atoms with Crippen LogP contribution in [0.15, 0.2) is 0 Å². The van der Waals surface area contributed by atoms with Crippen LogP contribution in [-0.2, 0) is 19.6 Å². The van der Waals surface area contributed by atoms with Crippen LogP contribution in [0.4, 0.5) is 8.78 Å². The Bertz CT molecular complexity index is 377. The molecule has 1 heterocycles. The highest BCUT2D eigenvalue weighted by molar-refractivity contribution is 7.87. The molecule has 0 aromatic heterocycles. The number of alkyl halides is 2. The van der Waals surface area contributed by atoms with Gasteiger partial charge in [0.25, 0.3) is 0 Å². The first-order chi connectivity index (χ1) is 7.75. The number of ether oxygens (including phenoxy) is 1. The number of hydrogen-bond donors (Lipinski definition) is 1. The highest BCUT2D eigenvalue weighted by Gasteiger charge is 2.54. The van der Waals surface area contributed by atoms with Crippen LogP contribution in [-0.4, -0.2) is 48.9 Å². The summed E-state index contributed by atoms with van der Waals surface area (Å²) in [6, 6.07) is 0. The third kappa shape index (κ3) is 3.58. The summed E-state index contributed by atoms with van der Waals surface area (Å²) in [5.74, 6) is -2.26. The van der Waals surface area contributed by atoms with Gasteiger partial charge in [0, 0.05) is 13.1 Å². The van der Waals surface area contributed by atoms with Crippen molar-refractivity contribution in [2.45, 2.75) is 24.5 Å². The Morgan fingerprint density at radius 1 is 1.29 bits per heavy atom. The second kappa shape index (κ2) is 5.23. The molecule has 0 atom stereocenters. The predicted molar refractivity (Wildman–Crippen MR) is 52.9 cm³/mol. The fourth-order valence-corrected chi connectivity index (χ4v) is 1.70. The van der Waals surface area contributed by atoms with Crippen LogP contribution in [0.3, 0.4) is 0 Å². The molecule has 1 rings (SSSR count). The van der Waals surface area contributed by atoms with Crippen molar-refractivity contribution in [3.8, 4) is 0 Å². The Hall–Kier alpha value is -0.800. The first-order valence-corrected chi connectivity index (χ1v) is 6.43. The van der Waals surface area contributed by atoms with Crippen molar-refractivity contribution in [3.63, 3.8) is 0 Å². The molecule has 1 N–H and O–H groups in total. The number of carbonyl (C=O) groups is 1. The summed E-state index contributed by atoms with van der Waals surface area (Å²) >= 11 is 0. The Morgan fingerprint density at radius 2 is 1.82 bits per heavy atom. The van der Waals surface area contributed by atoms with Gasteiger partial charge in [0.2, 0.25) is 0 Å². The van der Waals surface area contributed by atoms with Crippen LogP contribution in [0.2, 0.25) is 0 Å². The Balaban J connectivity index is 2.49. The molecule has 0 spiro atoms. The Labute approximate surface area is 97.3 Å². The lowest BCUT2D eigenvalue weighted by atomic mass is 10.1. The van der Waals surface area contributed by atoms with Crippen LogP contribution in [0.1, 0.15) is 19.3 Å². The van der Waals surface area contributed by atoms with E-state index in [2.05, 4.69) is 4.74 Å². The summed E-state index contributed by atoms with van der Waals surface area (Å²) in [4.78, 5) is 12.4. The molecule has 1 aliphatic rings. The lowest BCUT2D eigenvalue weighted by molar-refractivity contribution is -0.166. The SMILES string of the molecule is O=C(OCN1CCCCC1)C(F)(F)S(=O)(=O)O. The minimum Gasteiger partial charge on any atom is -0.444 e. The maximum Gasteiger partial charge on any atom is 0.465 e. The molecule has 100 valence electrons. The van der Waals surface area contributed by atoms with Crippen LogP contribution >= 0.6 is 0 Å². The number of carbonyl (C=O) groups excluding carboxylic acids is 1. The van der Waals surface area contributed by atoms with Gasteiger partial charge >= 0.3 is 21.3 Å². The first kappa shape index (κ1) is 14.3. The topological polar surface area (TPSA) is 83.9 Å². The van der Waals surface area contributed by atoms with Crippen molar-refractivity contribution in [2.24, 2.45) is 0 Å². The van der Waals surface area contributed by atoms with Crippen molar-refractivity contribution in [2.75, 3.05) is 19.8 Å². The minimum atomic E-state index is -5.78. The van der Waals surface area contributed by atoms with E-state index in [4.69, 9.17) is 4.55 Å². The summed E-state index contributed by atoms with van der Waals surface area (Å²) in [5.41, 5.74) is 0. The average Bonchev–Trinajstić information content (AvgIpc) is 2.25. The minimum absolute atomic E-state index is 0.399. The molecule has 0 unspecified atom stereocenters. The zero-order valence-electron chi connectivity index (χ0n) is 8.93. The van der Waals surface area contributed by atoms with Gasteiger partial charge in [-0.05, 0) is 12.8 Å². The number of hydrogen-bond acceptors (Lipinski definition) is 5. The Morgan fingerprint density at radius 3 is 2.29 bits per heavy atom. The number of likely N-dealkylation sites (tertiary alicyclic amines) is 1. The molecule has 1 fully saturated rings. The molecule has 0 bridgehead atoms. The third-order valence-corrected chi connectivity index (χ3v) is 3.20. The number of piperidine rings is 1. The first-order valence-electron chi connectivity index (χ1n) is 4.99. The Kier molecular flexibility index (Phi) is 4.39. The second-order valence-corrected chi connectivity index (χ2v) is 5.19. The van der Waals surface area contributed by atoms with Gasteiger partial charge in [-0.15, -0.1) is 0 Å². The lowest BCUT2D eigenvalue weighted by Gasteiger charge is -2.26. The van der Waals surface area contributed by atoms with Gasteiger partial charge in [-0.1, -0.05) is 6.42 Å². The molecular formula is C8H13F2NO5S. The van der Waals surface area contributed by atoms with Crippen molar-refractivity contribution in [1.82, 2.24) is 4.90 Å². The number of rotatable bonds is 4. The van der Waals surface area contributed by atoms with Gasteiger partial charge in [-0.3, -0.25) is 9.45 Å². The molecule has 1 saturated heterocycles. The molecule has 1 aliphatic heterocycles. The van der Waals surface area contributed by atoms with E-state index in [1.165, 1.54) is 0 Å². The highest BCUT2D eigenvalue weighted by atomic mass is 32.2. The summed E-state index contributed by atoms with van der Waals surface area (Å²) in [6.45, 7) is 0.805. The van der Waals surface area contributed by atoms with E-state index in [1.807, 2.05) is 0 Å². The molecule has 0 aromatic carbocycles. The summed E-state index contributed by atoms with van der Waals surface area (Å²) in [5, 5.41) is -4.91. The molecular weight excluding hydrogens is 260 g/mol. The van der Waals surface area contributed by atoms with Gasteiger partial charge in [-0.2, -0.15) is 17.2 Å². The maximum atomic E-state index is 12.7. The van der Waals surface area contributed by atoms with E-state index >= 15 is 0 Å². The zero-order chi connectivity index (χ0) is 13.1. The summed E-state index contributed by atoms with van der Waals surface area (Å²) in [6.07, 6.45) is 2.75. The zero-order valence-corrected chi connectivity index (χ0v) is 9.75. The monoisotopic (exact) mass is 273 g/mol. The van der Waals surface area contributed by atoms with E-state index in [9.17, 15) is 22.0 Å². The second-order valence-electron chi connectivity index (χ2n) is 3.73. The largest absolute Gasteiger partial charge is 0.465 e. The van der Waals surface area contributed by atoms with E-state index in [1.54, 1.807) is 4.90 Å². The van der Waals surface area contributed by atoms with Gasteiger partial charge in [0.15, 0.2) is 0 Å². The molecule has 9 heteroatoms. The number of halogens is 2. The van der Waals surface area contributed by atoms with Crippen LogP contribution in [0, 0.1) is 0 Å². The van der Waals surface area contributed by atoms with E-state index < -0.39 is 28.1 Å². The lowest BCUT2D eigenvalue weighted by Crippen LogP contribution is -2.41. The van der Waals surface area contributed by atoms with Crippen LogP contribution in [0.25, 0.3) is 0 Å². The van der Waals surface area contributed by atoms with E-state index in [0.717, 1.165) is 19.3 Å². The van der Waals surface area contributed by atoms with Crippen molar-refractivity contribution >= 4 is 16.1 Å². The van der Waals surface area contributed by atoms with Gasteiger partial charge in [0.1, 0.15) is 6.73 Å². The molecule has 0 aliphatic carbocycles. The van der Waals surface area contributed by atoms with E-state index in [0.29, 0.717) is 13.1 Å². The molecule has 0 radical (unpaired) electrons. The van der Waals surface area contributed by atoms with Gasteiger partial charge in [0.05, 0.1) is 0 Å². The standard InChI is InChI=1S/C8H13F2NO5S/c9-8(10,17(13,14)15)7(12)16-6-11-4-2-1-3-5-11/h1-6H2,(H,13,14,15). The fourth-order valence-electron chi connectivity index (χ4n) is 1.43. The molecule has 0 saturated carbocycles. The third-order valence-electron chi connectivity index (χ3n) is 2.39. The van der Waals surface area contributed by atoms with Crippen molar-refractivity contribution in [1.29, 1.82) is 0 Å². The van der Waals surface area contributed by atoms with Crippen molar-refractivity contribution < 1.29 is 31.3 Å². The van der Waals surface area contributed by atoms with E-state index in [-0.39, 0.29) is 0 Å². The van der Waals surface area contributed by atoms with Gasteiger partial charge < -0.3 is 4.74 Å². The number of nitrogens with zero attached hydrogens (tertiary/aromatic N) is 1. The smallest absolute Gasteiger partial charge is 0.444 e. The normalized spacial score (nSPS) is 19.0.